The van der Waals surface area contributed by atoms with Crippen LogP contribution in [0.15, 0.2) is 29.3 Å². The van der Waals surface area contributed by atoms with E-state index in [0.29, 0.717) is 18.5 Å². The van der Waals surface area contributed by atoms with Gasteiger partial charge in [0, 0.05) is 39.8 Å². The van der Waals surface area contributed by atoms with Crippen LogP contribution in [0.3, 0.4) is 0 Å². The van der Waals surface area contributed by atoms with E-state index in [0.717, 1.165) is 51.3 Å². The Labute approximate surface area is 170 Å². The second-order valence-electron chi connectivity index (χ2n) is 7.87. The minimum absolute atomic E-state index is 0.0859. The van der Waals surface area contributed by atoms with Gasteiger partial charge in [-0.25, -0.2) is 0 Å². The lowest BCUT2D eigenvalue weighted by atomic mass is 10.0. The van der Waals surface area contributed by atoms with Gasteiger partial charge in [0.25, 0.3) is 0 Å². The quantitative estimate of drug-likeness (QED) is 0.363. The number of benzene rings is 1. The minimum atomic E-state index is 0.0859. The summed E-state index contributed by atoms with van der Waals surface area (Å²) in [6, 6.07) is 9.38. The van der Waals surface area contributed by atoms with E-state index in [-0.39, 0.29) is 5.91 Å². The molecule has 6 heteroatoms. The Morgan fingerprint density at radius 3 is 2.46 bits per heavy atom. The molecule has 1 aliphatic rings. The van der Waals surface area contributed by atoms with Crippen molar-refractivity contribution in [2.45, 2.75) is 51.5 Å². The molecule has 6 nitrogen and oxygen atoms in total. The van der Waals surface area contributed by atoms with Crippen LogP contribution in [0.5, 0.6) is 0 Å². The van der Waals surface area contributed by atoms with Gasteiger partial charge in [0.15, 0.2) is 5.96 Å². The highest BCUT2D eigenvalue weighted by molar-refractivity contribution is 5.80. The van der Waals surface area contributed by atoms with Crippen molar-refractivity contribution in [2.24, 2.45) is 4.99 Å². The molecule has 1 aromatic rings. The van der Waals surface area contributed by atoms with E-state index < -0.39 is 0 Å². The van der Waals surface area contributed by atoms with Crippen molar-refractivity contribution in [3.8, 4) is 0 Å². The van der Waals surface area contributed by atoms with Crippen molar-refractivity contribution < 1.29 is 4.79 Å². The maximum atomic E-state index is 11.5. The Bertz CT molecular complexity index is 618. The fraction of sp³-hybridized carbons (Fsp3) is 0.636. The minimum Gasteiger partial charge on any atom is -0.358 e. The molecule has 0 radical (unpaired) electrons. The molecule has 0 aromatic heterocycles. The van der Waals surface area contributed by atoms with Gasteiger partial charge < -0.3 is 16.0 Å². The Hall–Kier alpha value is -2.08. The molecule has 1 saturated heterocycles. The van der Waals surface area contributed by atoms with Crippen molar-refractivity contribution >= 4 is 11.9 Å². The van der Waals surface area contributed by atoms with Gasteiger partial charge in [-0.1, -0.05) is 38.1 Å². The van der Waals surface area contributed by atoms with Crippen molar-refractivity contribution in [1.82, 2.24) is 20.9 Å². The summed E-state index contributed by atoms with van der Waals surface area (Å²) in [6.07, 6.45) is 4.20. The molecule has 2 rings (SSSR count). The number of aliphatic imine (C=N–C) groups is 1. The normalized spacial score (nSPS) is 16.2. The number of rotatable bonds is 8. The van der Waals surface area contributed by atoms with Crippen LogP contribution in [0.25, 0.3) is 0 Å². The molecule has 1 amide bonds. The van der Waals surface area contributed by atoms with Gasteiger partial charge in [0.2, 0.25) is 5.91 Å². The van der Waals surface area contributed by atoms with Crippen LogP contribution in [0.2, 0.25) is 0 Å². The molecule has 0 atom stereocenters. The first-order chi connectivity index (χ1) is 13.5. The molecule has 0 spiro atoms. The Morgan fingerprint density at radius 1 is 1.21 bits per heavy atom. The number of carbonyl (C=O) groups is 1. The number of carbonyl (C=O) groups excluding carboxylic acids is 1. The number of piperidine rings is 1. The summed E-state index contributed by atoms with van der Waals surface area (Å²) < 4.78 is 0. The smallest absolute Gasteiger partial charge is 0.233 e. The van der Waals surface area contributed by atoms with Crippen LogP contribution in [-0.4, -0.2) is 63.1 Å². The third-order valence-electron chi connectivity index (χ3n) is 5.38. The number of likely N-dealkylation sites (N-methyl/N-ethyl adjacent to an activating group) is 1. The third kappa shape index (κ3) is 7.50. The zero-order chi connectivity index (χ0) is 20.4. The fourth-order valence-electron chi connectivity index (χ4n) is 3.47. The third-order valence-corrected chi connectivity index (χ3v) is 5.38. The van der Waals surface area contributed by atoms with Crippen LogP contribution in [0.4, 0.5) is 0 Å². The van der Waals surface area contributed by atoms with Gasteiger partial charge >= 0.3 is 0 Å². The second-order valence-corrected chi connectivity index (χ2v) is 7.87. The molecule has 156 valence electrons. The van der Waals surface area contributed by atoms with Gasteiger partial charge in [-0.2, -0.15) is 0 Å². The number of hydrogen-bond acceptors (Lipinski definition) is 3. The SMILES string of the molecule is CN=C(NCCCc1ccc(C(C)C)cc1)NC1CCN(CC(=O)NC)CC1. The highest BCUT2D eigenvalue weighted by atomic mass is 16.1. The van der Waals surface area contributed by atoms with Crippen LogP contribution in [0.1, 0.15) is 50.2 Å². The van der Waals surface area contributed by atoms with Crippen LogP contribution >= 0.6 is 0 Å². The van der Waals surface area contributed by atoms with Crippen molar-refractivity contribution in [1.29, 1.82) is 0 Å². The van der Waals surface area contributed by atoms with E-state index in [1.807, 2.05) is 7.05 Å². The molecule has 0 saturated carbocycles. The monoisotopic (exact) mass is 387 g/mol. The highest BCUT2D eigenvalue weighted by Crippen LogP contribution is 2.15. The second kappa shape index (κ2) is 11.7. The number of nitrogens with zero attached hydrogens (tertiary/aromatic N) is 2. The van der Waals surface area contributed by atoms with E-state index in [9.17, 15) is 4.79 Å². The summed E-state index contributed by atoms with van der Waals surface area (Å²) in [4.78, 5) is 18.0. The zero-order valence-corrected chi connectivity index (χ0v) is 17.9. The van der Waals surface area contributed by atoms with E-state index >= 15 is 0 Å². The lowest BCUT2D eigenvalue weighted by Crippen LogP contribution is -2.50. The molecule has 1 aromatic carbocycles. The van der Waals surface area contributed by atoms with Gasteiger partial charge in [-0.3, -0.25) is 14.7 Å². The zero-order valence-electron chi connectivity index (χ0n) is 17.9. The molecule has 0 bridgehead atoms. The average Bonchev–Trinajstić information content (AvgIpc) is 2.71. The number of hydrogen-bond donors (Lipinski definition) is 3. The van der Waals surface area contributed by atoms with Crippen molar-refractivity contribution in [3.63, 3.8) is 0 Å². The predicted molar refractivity (Wildman–Crippen MR) is 117 cm³/mol. The summed E-state index contributed by atoms with van der Waals surface area (Å²) in [5.74, 6) is 1.54. The van der Waals surface area contributed by atoms with Gasteiger partial charge in [-0.15, -0.1) is 0 Å². The van der Waals surface area contributed by atoms with Gasteiger partial charge in [0.05, 0.1) is 6.54 Å². The Kier molecular flexibility index (Phi) is 9.28. The first kappa shape index (κ1) is 22.2. The summed E-state index contributed by atoms with van der Waals surface area (Å²) >= 11 is 0. The summed E-state index contributed by atoms with van der Waals surface area (Å²) in [5.41, 5.74) is 2.78. The van der Waals surface area contributed by atoms with Gasteiger partial charge in [0.1, 0.15) is 0 Å². The molecule has 28 heavy (non-hydrogen) atoms. The lowest BCUT2D eigenvalue weighted by molar-refractivity contribution is -0.122. The highest BCUT2D eigenvalue weighted by Gasteiger charge is 2.21. The largest absolute Gasteiger partial charge is 0.358 e. The standard InChI is InChI=1S/C22H37N5O/c1-17(2)19-9-7-18(8-10-19)6-5-13-25-22(24-4)26-20-11-14-27(15-12-20)16-21(28)23-3/h7-10,17,20H,5-6,11-16H2,1-4H3,(H,23,28)(H2,24,25,26). The Morgan fingerprint density at radius 2 is 1.89 bits per heavy atom. The molecule has 1 fully saturated rings. The van der Waals surface area contributed by atoms with E-state index in [1.165, 1.54) is 11.1 Å². The van der Waals surface area contributed by atoms with Crippen LogP contribution in [-0.2, 0) is 11.2 Å². The fourth-order valence-corrected chi connectivity index (χ4v) is 3.47. The summed E-state index contributed by atoms with van der Waals surface area (Å²) in [6.45, 7) is 7.73. The summed E-state index contributed by atoms with van der Waals surface area (Å²) in [7, 11) is 3.51. The van der Waals surface area contributed by atoms with E-state index in [1.54, 1.807) is 7.05 Å². The molecule has 0 unspecified atom stereocenters. The lowest BCUT2D eigenvalue weighted by Gasteiger charge is -2.32. The molecule has 3 N–H and O–H groups in total. The molecular weight excluding hydrogens is 350 g/mol. The molecular formula is C22H37N5O. The number of aryl methyl sites for hydroxylation is 1. The van der Waals surface area contributed by atoms with Gasteiger partial charge in [-0.05, 0) is 42.7 Å². The van der Waals surface area contributed by atoms with Crippen LogP contribution in [0, 0.1) is 0 Å². The number of guanidine groups is 1. The molecule has 0 aliphatic carbocycles. The Balaban J connectivity index is 1.64. The topological polar surface area (TPSA) is 68.8 Å². The van der Waals surface area contributed by atoms with E-state index in [2.05, 4.69) is 64.0 Å². The van der Waals surface area contributed by atoms with E-state index in [4.69, 9.17) is 0 Å². The molecule has 1 aliphatic heterocycles. The number of amides is 1. The predicted octanol–water partition coefficient (Wildman–Crippen LogP) is 2.12. The number of likely N-dealkylation sites (tertiary alicyclic amines) is 1. The summed E-state index contributed by atoms with van der Waals surface area (Å²) in [5, 5.41) is 9.64. The van der Waals surface area contributed by atoms with Crippen LogP contribution < -0.4 is 16.0 Å². The van der Waals surface area contributed by atoms with Crippen molar-refractivity contribution in [3.05, 3.63) is 35.4 Å². The average molecular weight is 388 g/mol. The maximum Gasteiger partial charge on any atom is 0.233 e. The molecule has 1 heterocycles. The number of nitrogens with one attached hydrogen (secondary N) is 3. The first-order valence-electron chi connectivity index (χ1n) is 10.5. The maximum absolute atomic E-state index is 11.5. The first-order valence-corrected chi connectivity index (χ1v) is 10.5. The van der Waals surface area contributed by atoms with Crippen molar-refractivity contribution in [2.75, 3.05) is 40.3 Å².